The molecule has 56 valence electrons. The molecule has 0 aromatic carbocycles. The van der Waals surface area contributed by atoms with Crippen LogP contribution in [0.3, 0.4) is 0 Å². The lowest BCUT2D eigenvalue weighted by molar-refractivity contribution is -0.800. The predicted octanol–water partition coefficient (Wildman–Crippen LogP) is -1.78. The van der Waals surface area contributed by atoms with E-state index in [4.69, 9.17) is 15.1 Å². The van der Waals surface area contributed by atoms with Gasteiger partial charge in [-0.25, -0.2) is 4.89 Å². The highest BCUT2D eigenvalue weighted by atomic mass is 17.5. The van der Waals surface area contributed by atoms with Crippen LogP contribution in [-0.4, -0.2) is 31.5 Å². The van der Waals surface area contributed by atoms with Crippen LogP contribution in [0.25, 0.3) is 0 Å². The summed E-state index contributed by atoms with van der Waals surface area (Å²) in [5, 5.41) is 20.3. The molecule has 0 fully saturated rings. The number of rotatable bonds is 6. The molecular weight excluding hydrogens is 128 g/mol. The van der Waals surface area contributed by atoms with Crippen LogP contribution in [-0.2, 0) is 14.7 Å². The summed E-state index contributed by atoms with van der Waals surface area (Å²) in [7, 11) is 0. The molecule has 0 aliphatic rings. The van der Waals surface area contributed by atoms with E-state index in [-0.39, 0.29) is 26.4 Å². The third-order valence-corrected chi connectivity index (χ3v) is 0.595. The molecule has 0 amide bonds. The van der Waals surface area contributed by atoms with Crippen molar-refractivity contribution in [1.82, 2.24) is 0 Å². The van der Waals surface area contributed by atoms with Crippen molar-refractivity contribution < 1.29 is 25.0 Å². The highest BCUT2D eigenvalue weighted by Crippen LogP contribution is 1.74. The number of hydrogen-bond donors (Lipinski definition) is 1. The van der Waals surface area contributed by atoms with Gasteiger partial charge in [-0.2, -0.15) is 0 Å². The van der Waals surface area contributed by atoms with Crippen LogP contribution >= 0.6 is 0 Å². The average molecular weight is 137 g/mol. The molecule has 0 rings (SSSR count). The van der Waals surface area contributed by atoms with Crippen LogP contribution in [0.2, 0.25) is 0 Å². The van der Waals surface area contributed by atoms with E-state index in [1.165, 1.54) is 0 Å². The van der Waals surface area contributed by atoms with Crippen molar-refractivity contribution in [2.75, 3.05) is 26.4 Å². The van der Waals surface area contributed by atoms with E-state index in [1.54, 1.807) is 0 Å². The lowest BCUT2D eigenvalue weighted by atomic mass is 10.7. The smallest absolute Gasteiger partial charge is 0.105 e. The second kappa shape index (κ2) is 7.80. The molecule has 0 saturated carbocycles. The summed E-state index contributed by atoms with van der Waals surface area (Å²) in [6, 6.07) is 0. The molecule has 0 aromatic rings. The summed E-state index contributed by atoms with van der Waals surface area (Å²) in [6.07, 6.45) is 0. The maximum absolute atomic E-state index is 9.14. The number of aliphatic hydroxyl groups excluding tert-OH is 1. The molecule has 0 atom stereocenters. The molecule has 0 aliphatic carbocycles. The molecule has 0 aliphatic heterocycles. The fourth-order valence-electron chi connectivity index (χ4n) is 0.294. The van der Waals surface area contributed by atoms with Gasteiger partial charge in [-0.05, 0) is 0 Å². The van der Waals surface area contributed by atoms with Gasteiger partial charge in [0.2, 0.25) is 0 Å². The van der Waals surface area contributed by atoms with Crippen molar-refractivity contribution in [2.45, 2.75) is 0 Å². The Balaban J connectivity index is 2.60. The zero-order valence-corrected chi connectivity index (χ0v) is 4.91. The van der Waals surface area contributed by atoms with Gasteiger partial charge in [-0.1, -0.05) is 0 Å². The highest BCUT2D eigenvalue weighted by Gasteiger charge is 1.84. The van der Waals surface area contributed by atoms with Gasteiger partial charge in [0.25, 0.3) is 0 Å². The van der Waals surface area contributed by atoms with E-state index in [9.17, 15) is 0 Å². The molecule has 0 bridgehead atoms. The van der Waals surface area contributed by atoms with Gasteiger partial charge in [0.15, 0.2) is 0 Å². The summed E-state index contributed by atoms with van der Waals surface area (Å²) in [5.74, 6) is 0. The van der Waals surface area contributed by atoms with E-state index >= 15 is 0 Å². The molecule has 0 radical (unpaired) electrons. The third kappa shape index (κ3) is 7.80. The van der Waals surface area contributed by atoms with E-state index in [0.717, 1.165) is 0 Å². The van der Waals surface area contributed by atoms with Crippen LogP contribution < -0.4 is 5.26 Å². The molecule has 0 heterocycles. The minimum atomic E-state index is -0.0295. The molecule has 1 N–H and O–H groups in total. The van der Waals surface area contributed by atoms with Crippen molar-refractivity contribution in [3.05, 3.63) is 0 Å². The van der Waals surface area contributed by atoms with Crippen LogP contribution in [0.15, 0.2) is 0 Å². The fourth-order valence-corrected chi connectivity index (χ4v) is 0.294. The van der Waals surface area contributed by atoms with E-state index in [1.807, 2.05) is 0 Å². The van der Waals surface area contributed by atoms with E-state index in [0.29, 0.717) is 0 Å². The van der Waals surface area contributed by atoms with Gasteiger partial charge in [0.05, 0.1) is 19.8 Å². The molecule has 0 aromatic heterocycles. The van der Waals surface area contributed by atoms with Gasteiger partial charge >= 0.3 is 0 Å². The maximum Gasteiger partial charge on any atom is 0.105 e. The summed E-state index contributed by atoms with van der Waals surface area (Å²) in [5.41, 5.74) is 0. The molecule has 5 nitrogen and oxygen atoms in total. The minimum absolute atomic E-state index is 0.0295. The van der Waals surface area contributed by atoms with E-state index < -0.39 is 0 Å². The fraction of sp³-hybridized carbons (Fsp3) is 1.00. The van der Waals surface area contributed by atoms with Crippen LogP contribution in [0, 0.1) is 0 Å². The molecule has 0 spiro atoms. The second-order valence-electron chi connectivity index (χ2n) is 1.23. The first-order valence-electron chi connectivity index (χ1n) is 2.52. The van der Waals surface area contributed by atoms with Crippen LogP contribution in [0.4, 0.5) is 0 Å². The summed E-state index contributed by atoms with van der Waals surface area (Å²) < 4.78 is 4.69. The Hall–Kier alpha value is -0.200. The van der Waals surface area contributed by atoms with Crippen molar-refractivity contribution in [1.29, 1.82) is 0 Å². The van der Waals surface area contributed by atoms with Crippen LogP contribution in [0.5, 0.6) is 0 Å². The number of ether oxygens (including phenoxy) is 1. The Kier molecular flexibility index (Phi) is 7.63. The Bertz CT molecular complexity index is 42.2. The summed E-state index contributed by atoms with van der Waals surface area (Å²) in [6.45, 7) is 0.562. The van der Waals surface area contributed by atoms with Crippen molar-refractivity contribution in [2.24, 2.45) is 0 Å². The topological polar surface area (TPSA) is 71.0 Å². The molecule has 0 saturated heterocycles. The molecular formula is C4H9O5-. The normalized spacial score (nSPS) is 10.0. The van der Waals surface area contributed by atoms with Crippen molar-refractivity contribution >= 4 is 0 Å². The van der Waals surface area contributed by atoms with Crippen molar-refractivity contribution in [3.63, 3.8) is 0 Å². The Labute approximate surface area is 52.6 Å². The standard InChI is InChI=1S/C4H10O5/c5-1-2-7-3-4-8-9-6/h5-6H,1-4H2/p-1. The zero-order valence-electron chi connectivity index (χ0n) is 4.91. The Morgan fingerprint density at radius 2 is 2.00 bits per heavy atom. The number of hydrogen-bond acceptors (Lipinski definition) is 5. The van der Waals surface area contributed by atoms with Crippen molar-refractivity contribution in [3.8, 4) is 0 Å². The quantitative estimate of drug-likeness (QED) is 0.266. The first-order valence-corrected chi connectivity index (χ1v) is 2.52. The van der Waals surface area contributed by atoms with Gasteiger partial charge in [0.1, 0.15) is 6.61 Å². The maximum atomic E-state index is 9.14. The second-order valence-corrected chi connectivity index (χ2v) is 1.23. The molecule has 9 heavy (non-hydrogen) atoms. The monoisotopic (exact) mass is 137 g/mol. The third-order valence-electron chi connectivity index (χ3n) is 0.595. The molecule has 0 unspecified atom stereocenters. The molecule has 5 heteroatoms. The van der Waals surface area contributed by atoms with E-state index in [2.05, 4.69) is 9.93 Å². The first kappa shape index (κ1) is 8.80. The Morgan fingerprint density at radius 1 is 1.22 bits per heavy atom. The van der Waals surface area contributed by atoms with Gasteiger partial charge in [-0.15, -0.1) is 0 Å². The average Bonchev–Trinajstić information content (AvgIpc) is 1.89. The predicted molar refractivity (Wildman–Crippen MR) is 24.9 cm³/mol. The largest absolute Gasteiger partial charge is 0.692 e. The summed E-state index contributed by atoms with van der Waals surface area (Å²) in [4.78, 5) is 3.92. The highest BCUT2D eigenvalue weighted by molar-refractivity contribution is 4.25. The lowest BCUT2D eigenvalue weighted by Crippen LogP contribution is -2.11. The van der Waals surface area contributed by atoms with Gasteiger partial charge in [0, 0.05) is 0 Å². The van der Waals surface area contributed by atoms with Crippen LogP contribution in [0.1, 0.15) is 0 Å². The lowest BCUT2D eigenvalue weighted by Gasteiger charge is -2.04. The summed E-state index contributed by atoms with van der Waals surface area (Å²) >= 11 is 0. The van der Waals surface area contributed by atoms with Gasteiger partial charge < -0.3 is 15.1 Å². The minimum Gasteiger partial charge on any atom is -0.692 e. The van der Waals surface area contributed by atoms with Gasteiger partial charge in [-0.3, -0.25) is 5.04 Å². The first-order chi connectivity index (χ1) is 4.41. The number of aliphatic hydroxyl groups is 1. The zero-order chi connectivity index (χ0) is 6.95. The Morgan fingerprint density at radius 3 is 2.56 bits per heavy atom. The SMILES string of the molecule is [O-]OOCCOCCO.